The van der Waals surface area contributed by atoms with Gasteiger partial charge in [-0.05, 0) is 29.6 Å². The molecule has 0 radical (unpaired) electrons. The van der Waals surface area contributed by atoms with Crippen LogP contribution in [0.25, 0.3) is 10.9 Å². The number of rotatable bonds is 4. The van der Waals surface area contributed by atoms with E-state index in [4.69, 9.17) is 4.74 Å². The van der Waals surface area contributed by atoms with Gasteiger partial charge in [-0.1, -0.05) is 6.07 Å². The van der Waals surface area contributed by atoms with Crippen molar-refractivity contribution in [3.05, 3.63) is 56.5 Å². The Morgan fingerprint density at radius 3 is 2.92 bits per heavy atom. The maximum absolute atomic E-state index is 12.4. The summed E-state index contributed by atoms with van der Waals surface area (Å²) in [6.45, 7) is 3.04. The van der Waals surface area contributed by atoms with E-state index in [9.17, 15) is 9.59 Å². The summed E-state index contributed by atoms with van der Waals surface area (Å²) in [5.74, 6) is 0.331. The van der Waals surface area contributed by atoms with Crippen molar-refractivity contribution < 1.29 is 9.53 Å². The molecular weight excluding hydrogens is 352 g/mol. The van der Waals surface area contributed by atoms with Crippen molar-refractivity contribution in [1.29, 1.82) is 0 Å². The molecule has 2 aromatic heterocycles. The highest BCUT2D eigenvalue weighted by atomic mass is 32.1. The van der Waals surface area contributed by atoms with Crippen LogP contribution in [0.15, 0.2) is 40.5 Å². The van der Waals surface area contributed by atoms with E-state index in [1.54, 1.807) is 29.5 Å². The number of anilines is 1. The minimum Gasteiger partial charge on any atom is -0.378 e. The zero-order valence-electron chi connectivity index (χ0n) is 14.0. The number of hydrogen-bond acceptors (Lipinski definition) is 6. The van der Waals surface area contributed by atoms with Crippen LogP contribution in [-0.2, 0) is 11.3 Å². The predicted octanol–water partition coefficient (Wildman–Crippen LogP) is 1.75. The van der Waals surface area contributed by atoms with E-state index in [2.05, 4.69) is 15.3 Å². The molecule has 1 fully saturated rings. The minimum atomic E-state index is -0.206. The highest BCUT2D eigenvalue weighted by Gasteiger charge is 2.16. The monoisotopic (exact) mass is 370 g/mol. The minimum absolute atomic E-state index is 0.185. The SMILES string of the molecule is O=C(NCc1cccs1)c1ccc2c(=O)[nH]c(N3CCOCC3)nc2c1. The van der Waals surface area contributed by atoms with Crippen molar-refractivity contribution in [2.75, 3.05) is 31.2 Å². The number of aromatic nitrogens is 2. The quantitative estimate of drug-likeness (QED) is 0.731. The number of fused-ring (bicyclic) bond motifs is 1. The van der Waals surface area contributed by atoms with Crippen molar-refractivity contribution >= 4 is 34.1 Å². The van der Waals surface area contributed by atoms with Gasteiger partial charge in [-0.15, -0.1) is 11.3 Å². The average molecular weight is 370 g/mol. The third-order valence-electron chi connectivity index (χ3n) is 4.27. The van der Waals surface area contributed by atoms with Gasteiger partial charge < -0.3 is 15.0 Å². The third kappa shape index (κ3) is 3.47. The lowest BCUT2D eigenvalue weighted by Gasteiger charge is -2.27. The highest BCUT2D eigenvalue weighted by Crippen LogP contribution is 2.15. The Morgan fingerprint density at radius 1 is 1.31 bits per heavy atom. The smallest absolute Gasteiger partial charge is 0.260 e. The molecule has 1 saturated heterocycles. The van der Waals surface area contributed by atoms with Gasteiger partial charge in [-0.25, -0.2) is 4.98 Å². The lowest BCUT2D eigenvalue weighted by Crippen LogP contribution is -2.38. The number of benzene rings is 1. The fourth-order valence-electron chi connectivity index (χ4n) is 2.88. The van der Waals surface area contributed by atoms with Crippen LogP contribution < -0.4 is 15.8 Å². The molecule has 7 nitrogen and oxygen atoms in total. The number of morpholine rings is 1. The number of carbonyl (C=O) groups is 1. The van der Waals surface area contributed by atoms with E-state index in [-0.39, 0.29) is 11.5 Å². The number of carbonyl (C=O) groups excluding carboxylic acids is 1. The number of nitrogens with zero attached hydrogens (tertiary/aromatic N) is 2. The largest absolute Gasteiger partial charge is 0.378 e. The van der Waals surface area contributed by atoms with E-state index < -0.39 is 0 Å². The van der Waals surface area contributed by atoms with Gasteiger partial charge in [-0.3, -0.25) is 14.6 Å². The van der Waals surface area contributed by atoms with E-state index in [0.29, 0.717) is 55.3 Å². The number of hydrogen-bond donors (Lipinski definition) is 2. The zero-order valence-corrected chi connectivity index (χ0v) is 14.8. The van der Waals surface area contributed by atoms with E-state index in [0.717, 1.165) is 4.88 Å². The first-order chi connectivity index (χ1) is 12.7. The third-order valence-corrected chi connectivity index (χ3v) is 5.15. The summed E-state index contributed by atoms with van der Waals surface area (Å²) >= 11 is 1.59. The van der Waals surface area contributed by atoms with E-state index >= 15 is 0 Å². The molecule has 3 aromatic rings. The molecule has 2 N–H and O–H groups in total. The number of thiophene rings is 1. The molecule has 0 spiro atoms. The molecule has 1 amide bonds. The molecule has 1 aromatic carbocycles. The van der Waals surface area contributed by atoms with Crippen LogP contribution >= 0.6 is 11.3 Å². The zero-order chi connectivity index (χ0) is 17.9. The second kappa shape index (κ2) is 7.27. The van der Waals surface area contributed by atoms with Gasteiger partial charge in [0.15, 0.2) is 0 Å². The van der Waals surface area contributed by atoms with Gasteiger partial charge in [-0.2, -0.15) is 0 Å². The van der Waals surface area contributed by atoms with Crippen molar-refractivity contribution in [1.82, 2.24) is 15.3 Å². The van der Waals surface area contributed by atoms with Crippen LogP contribution in [0.2, 0.25) is 0 Å². The molecular formula is C18H18N4O3S. The summed E-state index contributed by atoms with van der Waals surface area (Å²) in [6.07, 6.45) is 0. The summed E-state index contributed by atoms with van der Waals surface area (Å²) in [4.78, 5) is 35.2. The second-order valence-electron chi connectivity index (χ2n) is 5.98. The van der Waals surface area contributed by atoms with Gasteiger partial charge in [0.05, 0.1) is 30.7 Å². The first-order valence-corrected chi connectivity index (χ1v) is 9.26. The van der Waals surface area contributed by atoms with Crippen molar-refractivity contribution in [2.24, 2.45) is 0 Å². The van der Waals surface area contributed by atoms with Gasteiger partial charge in [0, 0.05) is 23.5 Å². The second-order valence-corrected chi connectivity index (χ2v) is 7.02. The lowest BCUT2D eigenvalue weighted by molar-refractivity contribution is 0.0951. The molecule has 0 unspecified atom stereocenters. The Balaban J connectivity index is 1.60. The number of amides is 1. The predicted molar refractivity (Wildman–Crippen MR) is 101 cm³/mol. The standard InChI is InChI=1S/C18H18N4O3S/c23-16(19-11-13-2-1-9-26-13)12-3-4-14-15(10-12)20-18(21-17(14)24)22-5-7-25-8-6-22/h1-4,9-10H,5-8,11H2,(H,19,23)(H,20,21,24). The molecule has 8 heteroatoms. The molecule has 4 rings (SSSR count). The maximum Gasteiger partial charge on any atom is 0.260 e. The van der Waals surface area contributed by atoms with Gasteiger partial charge >= 0.3 is 0 Å². The molecule has 0 atom stereocenters. The Hall–Kier alpha value is -2.71. The lowest BCUT2D eigenvalue weighted by atomic mass is 10.1. The molecule has 0 aliphatic carbocycles. The van der Waals surface area contributed by atoms with Crippen LogP contribution in [0.1, 0.15) is 15.2 Å². The van der Waals surface area contributed by atoms with E-state index in [1.807, 2.05) is 22.4 Å². The Labute approximate surface area is 153 Å². The highest BCUT2D eigenvalue weighted by molar-refractivity contribution is 7.09. The van der Waals surface area contributed by atoms with Gasteiger partial charge in [0.1, 0.15) is 0 Å². The fourth-order valence-corrected chi connectivity index (χ4v) is 3.52. The maximum atomic E-state index is 12.4. The molecule has 0 bridgehead atoms. The summed E-state index contributed by atoms with van der Waals surface area (Å²) in [6, 6.07) is 8.88. The average Bonchev–Trinajstić information content (AvgIpc) is 3.20. The van der Waals surface area contributed by atoms with Crippen LogP contribution in [0.3, 0.4) is 0 Å². The van der Waals surface area contributed by atoms with Crippen LogP contribution in [0, 0.1) is 0 Å². The molecule has 3 heterocycles. The molecule has 0 saturated carbocycles. The normalized spacial score (nSPS) is 14.5. The Morgan fingerprint density at radius 2 is 2.15 bits per heavy atom. The number of H-pyrrole nitrogens is 1. The summed E-state index contributed by atoms with van der Waals surface area (Å²) in [5, 5.41) is 5.33. The van der Waals surface area contributed by atoms with Crippen LogP contribution in [0.5, 0.6) is 0 Å². The number of aromatic amines is 1. The van der Waals surface area contributed by atoms with Crippen molar-refractivity contribution in [2.45, 2.75) is 6.54 Å². The van der Waals surface area contributed by atoms with Crippen molar-refractivity contribution in [3.63, 3.8) is 0 Å². The van der Waals surface area contributed by atoms with E-state index in [1.165, 1.54) is 0 Å². The molecule has 26 heavy (non-hydrogen) atoms. The summed E-state index contributed by atoms with van der Waals surface area (Å²) < 4.78 is 5.33. The Kier molecular flexibility index (Phi) is 4.68. The summed E-state index contributed by atoms with van der Waals surface area (Å²) in [7, 11) is 0. The fraction of sp³-hybridized carbons (Fsp3) is 0.278. The van der Waals surface area contributed by atoms with Crippen molar-refractivity contribution in [3.8, 4) is 0 Å². The molecule has 1 aliphatic rings. The van der Waals surface area contributed by atoms with Crippen LogP contribution in [-0.4, -0.2) is 42.2 Å². The first-order valence-electron chi connectivity index (χ1n) is 8.38. The van der Waals surface area contributed by atoms with Gasteiger partial charge in [0.25, 0.3) is 11.5 Å². The van der Waals surface area contributed by atoms with Gasteiger partial charge in [0.2, 0.25) is 5.95 Å². The topological polar surface area (TPSA) is 87.3 Å². The number of nitrogens with one attached hydrogen (secondary N) is 2. The molecule has 1 aliphatic heterocycles. The first kappa shape index (κ1) is 16.7. The number of ether oxygens (including phenoxy) is 1. The van der Waals surface area contributed by atoms with Crippen LogP contribution in [0.4, 0.5) is 5.95 Å². The molecule has 134 valence electrons. The Bertz CT molecular complexity index is 978. The summed E-state index contributed by atoms with van der Waals surface area (Å²) in [5.41, 5.74) is 0.793.